The quantitative estimate of drug-likeness (QED) is 0.329. The molecule has 1 amide bonds. The number of carbonyl (C=O) groups is 1. The van der Waals surface area contributed by atoms with Crippen molar-refractivity contribution in [3.8, 4) is 5.75 Å². The smallest absolute Gasteiger partial charge is 0.270 e. The topological polar surface area (TPSA) is 90.3 Å². The lowest BCUT2D eigenvalue weighted by molar-refractivity contribution is -0.118. The Morgan fingerprint density at radius 2 is 1.76 bits per heavy atom. The first-order valence-electron chi connectivity index (χ1n) is 9.90. The summed E-state index contributed by atoms with van der Waals surface area (Å²) in [6.45, 7) is 0.303. The van der Waals surface area contributed by atoms with Gasteiger partial charge in [-0.05, 0) is 42.5 Å². The first-order chi connectivity index (χ1) is 15.9. The maximum absolute atomic E-state index is 13.4. The number of hydrogen-bond donors (Lipinski definition) is 1. The second-order valence-corrected chi connectivity index (χ2v) is 10.6. The highest BCUT2D eigenvalue weighted by Gasteiger charge is 2.25. The molecule has 0 atom stereocenters. The summed E-state index contributed by atoms with van der Waals surface area (Å²) in [4.78, 5) is 17.1. The zero-order chi connectivity index (χ0) is 23.4. The monoisotopic (exact) mass is 545 g/mol. The van der Waals surface area contributed by atoms with Crippen LogP contribution in [0.4, 0.5) is 0 Å². The summed E-state index contributed by atoms with van der Waals surface area (Å²) in [5.41, 5.74) is 1.84. The molecule has 0 fully saturated rings. The van der Waals surface area contributed by atoms with E-state index in [9.17, 15) is 13.2 Å². The largest absolute Gasteiger partial charge is 0.496 e. The normalized spacial score (nSPS) is 11.5. The third kappa shape index (κ3) is 5.07. The lowest BCUT2D eigenvalue weighted by Crippen LogP contribution is -2.25. The average molecular weight is 546 g/mol. The minimum atomic E-state index is -3.92. The van der Waals surface area contributed by atoms with Crippen LogP contribution >= 0.6 is 27.7 Å². The molecule has 1 N–H and O–H groups in total. The summed E-state index contributed by atoms with van der Waals surface area (Å²) >= 11 is 4.40. The molecule has 0 saturated carbocycles. The Balaban J connectivity index is 1.57. The van der Waals surface area contributed by atoms with E-state index in [1.165, 1.54) is 16.1 Å². The van der Waals surface area contributed by atoms with Gasteiger partial charge in [0.15, 0.2) is 5.16 Å². The molecule has 0 saturated heterocycles. The van der Waals surface area contributed by atoms with Crippen molar-refractivity contribution >= 4 is 54.7 Å². The van der Waals surface area contributed by atoms with Crippen molar-refractivity contribution in [2.45, 2.75) is 16.6 Å². The van der Waals surface area contributed by atoms with Crippen LogP contribution in [0.1, 0.15) is 5.56 Å². The van der Waals surface area contributed by atoms with Crippen LogP contribution in [0.5, 0.6) is 5.75 Å². The number of benzene rings is 3. The number of fused-ring (bicyclic) bond motifs is 1. The average Bonchev–Trinajstić information content (AvgIpc) is 3.21. The molecule has 170 valence electrons. The summed E-state index contributed by atoms with van der Waals surface area (Å²) in [6.07, 6.45) is 0. The summed E-state index contributed by atoms with van der Waals surface area (Å²) < 4.78 is 34.2. The molecule has 0 aliphatic carbocycles. The second-order valence-electron chi connectivity index (χ2n) is 6.98. The maximum Gasteiger partial charge on any atom is 0.270 e. The maximum atomic E-state index is 13.4. The number of hydrogen-bond acceptors (Lipinski definition) is 6. The molecular weight excluding hydrogens is 526 g/mol. The number of amides is 1. The van der Waals surface area contributed by atoms with Gasteiger partial charge in [0.2, 0.25) is 5.91 Å². The van der Waals surface area contributed by atoms with Crippen LogP contribution in [0.25, 0.3) is 11.0 Å². The Morgan fingerprint density at radius 3 is 2.52 bits per heavy atom. The summed E-state index contributed by atoms with van der Waals surface area (Å²) in [7, 11) is -2.34. The number of rotatable bonds is 8. The fourth-order valence-electron chi connectivity index (χ4n) is 3.24. The predicted molar refractivity (Wildman–Crippen MR) is 132 cm³/mol. The van der Waals surface area contributed by atoms with Gasteiger partial charge >= 0.3 is 0 Å². The van der Waals surface area contributed by atoms with E-state index in [4.69, 9.17) is 4.74 Å². The van der Waals surface area contributed by atoms with E-state index in [0.717, 1.165) is 21.8 Å². The van der Waals surface area contributed by atoms with Crippen molar-refractivity contribution < 1.29 is 17.9 Å². The van der Waals surface area contributed by atoms with E-state index in [1.807, 2.05) is 24.3 Å². The van der Waals surface area contributed by atoms with Crippen LogP contribution in [-0.4, -0.2) is 36.1 Å². The minimum Gasteiger partial charge on any atom is -0.496 e. The first-order valence-corrected chi connectivity index (χ1v) is 13.1. The molecule has 0 aliphatic rings. The molecule has 10 heteroatoms. The molecule has 1 heterocycles. The van der Waals surface area contributed by atoms with E-state index in [2.05, 4.69) is 26.2 Å². The van der Waals surface area contributed by atoms with Crippen LogP contribution in [-0.2, 0) is 21.4 Å². The van der Waals surface area contributed by atoms with E-state index >= 15 is 0 Å². The van der Waals surface area contributed by atoms with Crippen molar-refractivity contribution in [3.63, 3.8) is 0 Å². The van der Waals surface area contributed by atoms with Gasteiger partial charge in [0.1, 0.15) is 5.75 Å². The molecule has 7 nitrogen and oxygen atoms in total. The Morgan fingerprint density at radius 1 is 1.06 bits per heavy atom. The molecule has 3 aromatic carbocycles. The fraction of sp³-hybridized carbons (Fsp3) is 0.130. The predicted octanol–water partition coefficient (Wildman–Crippen LogP) is 4.45. The lowest BCUT2D eigenvalue weighted by Gasteiger charge is -2.11. The molecule has 0 radical (unpaired) electrons. The molecule has 1 aromatic heterocycles. The zero-order valence-electron chi connectivity index (χ0n) is 17.6. The van der Waals surface area contributed by atoms with E-state index in [-0.39, 0.29) is 21.7 Å². The van der Waals surface area contributed by atoms with Gasteiger partial charge in [-0.3, -0.25) is 4.79 Å². The summed E-state index contributed by atoms with van der Waals surface area (Å²) in [5.74, 6) is 0.451. The molecule has 4 rings (SSSR count). The number of imidazole rings is 1. The molecule has 33 heavy (non-hydrogen) atoms. The first kappa shape index (κ1) is 23.3. The number of nitrogens with one attached hydrogen (secondary N) is 1. The lowest BCUT2D eigenvalue weighted by atomic mass is 10.2. The highest BCUT2D eigenvalue weighted by atomic mass is 79.9. The Kier molecular flexibility index (Phi) is 7.06. The SMILES string of the molecule is COc1ccccc1CNC(=O)CSc1nc2ccccc2n1S(=O)(=O)c1ccc(Br)cc1. The van der Waals surface area contributed by atoms with Gasteiger partial charge in [-0.25, -0.2) is 17.4 Å². The number of carbonyl (C=O) groups excluding carboxylic acids is 1. The highest BCUT2D eigenvalue weighted by Crippen LogP contribution is 2.29. The van der Waals surface area contributed by atoms with Crippen LogP contribution in [0.15, 0.2) is 87.3 Å². The van der Waals surface area contributed by atoms with Crippen molar-refractivity contribution in [2.24, 2.45) is 0 Å². The number of nitrogens with zero attached hydrogens (tertiary/aromatic N) is 2. The number of ether oxygens (including phenoxy) is 1. The third-order valence-corrected chi connectivity index (χ3v) is 8.14. The van der Waals surface area contributed by atoms with Gasteiger partial charge < -0.3 is 10.1 Å². The third-order valence-electron chi connectivity index (χ3n) is 4.84. The Hall–Kier alpha value is -2.82. The summed E-state index contributed by atoms with van der Waals surface area (Å²) in [5, 5.41) is 3.07. The van der Waals surface area contributed by atoms with Crippen molar-refractivity contribution in [1.82, 2.24) is 14.3 Å². The van der Waals surface area contributed by atoms with E-state index in [1.54, 1.807) is 43.5 Å². The standard InChI is InChI=1S/C23H20BrN3O4S2/c1-31-21-9-5-2-6-16(21)14-25-22(28)15-32-23-26-19-7-3-4-8-20(19)27(23)33(29,30)18-12-10-17(24)11-13-18/h2-13H,14-15H2,1H3,(H,25,28). The van der Waals surface area contributed by atoms with Crippen molar-refractivity contribution in [2.75, 3.05) is 12.9 Å². The summed E-state index contributed by atoms with van der Waals surface area (Å²) in [6, 6.07) is 20.8. The Labute approximate surface area is 204 Å². The van der Waals surface area contributed by atoms with Gasteiger partial charge in [-0.15, -0.1) is 0 Å². The molecule has 0 aliphatic heterocycles. The molecular formula is C23H20BrN3O4S2. The number of aromatic nitrogens is 2. The molecule has 0 spiro atoms. The van der Waals surface area contributed by atoms with E-state index < -0.39 is 10.0 Å². The van der Waals surface area contributed by atoms with Crippen LogP contribution in [0.3, 0.4) is 0 Å². The van der Waals surface area contributed by atoms with Gasteiger partial charge in [0.25, 0.3) is 10.0 Å². The van der Waals surface area contributed by atoms with Crippen molar-refractivity contribution in [3.05, 3.63) is 82.8 Å². The fourth-order valence-corrected chi connectivity index (χ4v) is 6.05. The minimum absolute atomic E-state index is 0.00826. The molecule has 0 unspecified atom stereocenters. The second kappa shape index (κ2) is 9.98. The number of halogens is 1. The number of para-hydroxylation sites is 3. The zero-order valence-corrected chi connectivity index (χ0v) is 20.8. The van der Waals surface area contributed by atoms with Gasteiger partial charge in [-0.1, -0.05) is 58.0 Å². The van der Waals surface area contributed by atoms with Crippen LogP contribution in [0.2, 0.25) is 0 Å². The number of thioether (sulfide) groups is 1. The van der Waals surface area contributed by atoms with Crippen molar-refractivity contribution in [1.29, 1.82) is 0 Å². The molecule has 4 aromatic rings. The number of methoxy groups -OCH3 is 1. The van der Waals surface area contributed by atoms with E-state index in [0.29, 0.717) is 23.3 Å². The highest BCUT2D eigenvalue weighted by molar-refractivity contribution is 9.10. The molecule has 0 bridgehead atoms. The van der Waals surface area contributed by atoms with Crippen LogP contribution in [0, 0.1) is 0 Å². The van der Waals surface area contributed by atoms with Gasteiger partial charge in [-0.2, -0.15) is 0 Å². The van der Waals surface area contributed by atoms with Gasteiger partial charge in [0, 0.05) is 16.6 Å². The Bertz CT molecular complexity index is 1400. The van der Waals surface area contributed by atoms with Crippen LogP contribution < -0.4 is 10.1 Å². The van der Waals surface area contributed by atoms with Gasteiger partial charge in [0.05, 0.1) is 28.8 Å².